The molecule has 0 aromatic carbocycles. The van der Waals surface area contributed by atoms with Gasteiger partial charge in [0, 0.05) is 6.42 Å². The van der Waals surface area contributed by atoms with Gasteiger partial charge >= 0.3 is 0 Å². The van der Waals surface area contributed by atoms with E-state index in [9.17, 15) is 0 Å². The van der Waals surface area contributed by atoms with Gasteiger partial charge in [0.25, 0.3) is 0 Å². The van der Waals surface area contributed by atoms with Crippen LogP contribution in [0.1, 0.15) is 26.7 Å². The Balaban J connectivity index is 3.28. The Morgan fingerprint density at radius 3 is 2.00 bits per heavy atom. The van der Waals surface area contributed by atoms with Gasteiger partial charge in [-0.05, 0) is 20.3 Å². The molecule has 0 spiro atoms. The quantitative estimate of drug-likeness (QED) is 0.470. The van der Waals surface area contributed by atoms with Crippen LogP contribution < -0.4 is 0 Å². The monoisotopic (exact) mass is 134 g/mol. The summed E-state index contributed by atoms with van der Waals surface area (Å²) in [6.45, 7) is 2.92. The van der Waals surface area contributed by atoms with Crippen LogP contribution in [0.15, 0.2) is 0 Å². The molecule has 0 heterocycles. The van der Waals surface area contributed by atoms with Crippen LogP contribution in [-0.4, -0.2) is 27.2 Å². The van der Waals surface area contributed by atoms with E-state index in [1.165, 1.54) is 6.92 Å². The molecule has 0 aliphatic heterocycles. The van der Waals surface area contributed by atoms with E-state index in [-0.39, 0.29) is 6.42 Å². The van der Waals surface area contributed by atoms with Crippen molar-refractivity contribution in [2.75, 3.05) is 0 Å². The zero-order valence-electron chi connectivity index (χ0n) is 5.83. The lowest BCUT2D eigenvalue weighted by atomic mass is 10.1. The highest BCUT2D eigenvalue weighted by Gasteiger charge is 2.14. The van der Waals surface area contributed by atoms with E-state index in [4.69, 9.17) is 15.3 Å². The van der Waals surface area contributed by atoms with E-state index in [1.54, 1.807) is 6.92 Å². The van der Waals surface area contributed by atoms with Crippen LogP contribution in [0.5, 0.6) is 0 Å². The number of hydrogen-bond donors (Lipinski definition) is 3. The van der Waals surface area contributed by atoms with Gasteiger partial charge in [-0.2, -0.15) is 0 Å². The van der Waals surface area contributed by atoms with Crippen LogP contribution in [0.4, 0.5) is 0 Å². The van der Waals surface area contributed by atoms with Gasteiger partial charge in [-0.3, -0.25) is 0 Å². The molecule has 0 saturated carbocycles. The summed E-state index contributed by atoms with van der Waals surface area (Å²) >= 11 is 0. The van der Waals surface area contributed by atoms with Gasteiger partial charge in [0.15, 0.2) is 5.79 Å². The number of aliphatic hydroxyl groups is 3. The fraction of sp³-hybridized carbons (Fsp3) is 1.00. The largest absolute Gasteiger partial charge is 0.393 e. The Morgan fingerprint density at radius 2 is 1.89 bits per heavy atom. The molecule has 9 heavy (non-hydrogen) atoms. The Morgan fingerprint density at radius 1 is 1.44 bits per heavy atom. The Hall–Kier alpha value is -0.120. The summed E-state index contributed by atoms with van der Waals surface area (Å²) in [4.78, 5) is 0. The number of aliphatic hydroxyl groups excluding tert-OH is 1. The minimum atomic E-state index is -1.63. The normalized spacial score (nSPS) is 15.7. The highest BCUT2D eigenvalue weighted by atomic mass is 16.5. The predicted molar refractivity (Wildman–Crippen MR) is 33.8 cm³/mol. The minimum Gasteiger partial charge on any atom is -0.393 e. The molecule has 0 aromatic rings. The number of rotatable bonds is 3. The molecule has 0 bridgehead atoms. The first kappa shape index (κ1) is 8.88. The molecule has 3 heteroatoms. The van der Waals surface area contributed by atoms with Gasteiger partial charge in [-0.1, -0.05) is 0 Å². The molecule has 56 valence electrons. The van der Waals surface area contributed by atoms with Crippen molar-refractivity contribution in [2.45, 2.75) is 38.6 Å². The lowest BCUT2D eigenvalue weighted by Gasteiger charge is -2.15. The molecular weight excluding hydrogens is 120 g/mol. The van der Waals surface area contributed by atoms with Crippen LogP contribution in [0, 0.1) is 0 Å². The molecule has 3 N–H and O–H groups in total. The van der Waals surface area contributed by atoms with Crippen LogP contribution in [0.2, 0.25) is 0 Å². The third-order valence-corrected chi connectivity index (χ3v) is 1.04. The highest BCUT2D eigenvalue weighted by Crippen LogP contribution is 2.08. The molecule has 0 rings (SSSR count). The standard InChI is InChI=1S/C6H14O3/c1-5(7)3-4-6(2,8)9/h5,7-9H,3-4H2,1-2H3. The summed E-state index contributed by atoms with van der Waals surface area (Å²) < 4.78 is 0. The van der Waals surface area contributed by atoms with Crippen molar-refractivity contribution < 1.29 is 15.3 Å². The summed E-state index contributed by atoms with van der Waals surface area (Å²) in [5, 5.41) is 26.1. The fourth-order valence-electron chi connectivity index (χ4n) is 0.482. The molecule has 1 atom stereocenters. The maximum Gasteiger partial charge on any atom is 0.159 e. The van der Waals surface area contributed by atoms with E-state index in [0.29, 0.717) is 6.42 Å². The molecule has 0 fully saturated rings. The number of hydrogen-bond acceptors (Lipinski definition) is 3. The lowest BCUT2D eigenvalue weighted by Crippen LogP contribution is -2.24. The van der Waals surface area contributed by atoms with Crippen molar-refractivity contribution in [1.29, 1.82) is 0 Å². The first-order valence-electron chi connectivity index (χ1n) is 3.04. The molecule has 0 amide bonds. The van der Waals surface area contributed by atoms with Gasteiger partial charge in [-0.15, -0.1) is 0 Å². The van der Waals surface area contributed by atoms with Crippen LogP contribution in [0.3, 0.4) is 0 Å². The molecule has 0 aliphatic rings. The average Bonchev–Trinajstić information content (AvgIpc) is 1.59. The summed E-state index contributed by atoms with van der Waals surface area (Å²) in [6.07, 6.45) is 0.178. The summed E-state index contributed by atoms with van der Waals surface area (Å²) in [6, 6.07) is 0. The first-order chi connectivity index (χ1) is 3.92. The second-order valence-electron chi connectivity index (χ2n) is 2.60. The molecule has 0 aromatic heterocycles. The van der Waals surface area contributed by atoms with Crippen LogP contribution in [0.25, 0.3) is 0 Å². The van der Waals surface area contributed by atoms with E-state index >= 15 is 0 Å². The van der Waals surface area contributed by atoms with Gasteiger partial charge in [-0.25, -0.2) is 0 Å². The lowest BCUT2D eigenvalue weighted by molar-refractivity contribution is -0.153. The van der Waals surface area contributed by atoms with Crippen molar-refractivity contribution >= 4 is 0 Å². The summed E-state index contributed by atoms with van der Waals surface area (Å²) in [5.74, 6) is -1.63. The van der Waals surface area contributed by atoms with Crippen molar-refractivity contribution in [2.24, 2.45) is 0 Å². The van der Waals surface area contributed by atoms with E-state index in [1.807, 2.05) is 0 Å². The van der Waals surface area contributed by atoms with Crippen LogP contribution in [-0.2, 0) is 0 Å². The van der Waals surface area contributed by atoms with Gasteiger partial charge < -0.3 is 15.3 Å². The van der Waals surface area contributed by atoms with E-state index < -0.39 is 11.9 Å². The smallest absolute Gasteiger partial charge is 0.159 e. The molecular formula is C6H14O3. The van der Waals surface area contributed by atoms with E-state index in [0.717, 1.165) is 0 Å². The van der Waals surface area contributed by atoms with E-state index in [2.05, 4.69) is 0 Å². The Bertz CT molecular complexity index is 72.9. The first-order valence-corrected chi connectivity index (χ1v) is 3.04. The van der Waals surface area contributed by atoms with Gasteiger partial charge in [0.1, 0.15) is 0 Å². The van der Waals surface area contributed by atoms with Crippen molar-refractivity contribution in [3.8, 4) is 0 Å². The highest BCUT2D eigenvalue weighted by molar-refractivity contribution is 4.58. The average molecular weight is 134 g/mol. The predicted octanol–water partition coefficient (Wildman–Crippen LogP) is -0.152. The van der Waals surface area contributed by atoms with Gasteiger partial charge in [0.05, 0.1) is 6.10 Å². The SMILES string of the molecule is CC(O)CCC(C)(O)O. The third-order valence-electron chi connectivity index (χ3n) is 1.04. The van der Waals surface area contributed by atoms with Crippen LogP contribution >= 0.6 is 0 Å². The molecule has 1 unspecified atom stereocenters. The maximum absolute atomic E-state index is 8.71. The maximum atomic E-state index is 8.71. The molecule has 0 radical (unpaired) electrons. The summed E-state index contributed by atoms with van der Waals surface area (Å²) in [5.41, 5.74) is 0. The van der Waals surface area contributed by atoms with Gasteiger partial charge in [0.2, 0.25) is 0 Å². The second-order valence-corrected chi connectivity index (χ2v) is 2.60. The zero-order valence-corrected chi connectivity index (χ0v) is 5.83. The van der Waals surface area contributed by atoms with Crippen molar-refractivity contribution in [1.82, 2.24) is 0 Å². The van der Waals surface area contributed by atoms with Crippen molar-refractivity contribution in [3.63, 3.8) is 0 Å². The Labute approximate surface area is 54.9 Å². The third kappa shape index (κ3) is 7.88. The minimum absolute atomic E-state index is 0.213. The van der Waals surface area contributed by atoms with Crippen molar-refractivity contribution in [3.05, 3.63) is 0 Å². The zero-order chi connectivity index (χ0) is 7.49. The second kappa shape index (κ2) is 3.15. The molecule has 0 aliphatic carbocycles. The fourth-order valence-corrected chi connectivity index (χ4v) is 0.482. The Kier molecular flexibility index (Phi) is 3.11. The summed E-state index contributed by atoms with van der Waals surface area (Å²) in [7, 11) is 0. The molecule has 3 nitrogen and oxygen atoms in total. The topological polar surface area (TPSA) is 60.7 Å². The molecule has 0 saturated heterocycles.